The number of thiocarbonyl (C=S) groups is 1. The third kappa shape index (κ3) is 7.27. The van der Waals surface area contributed by atoms with Crippen LogP contribution < -0.4 is 16.0 Å². The molecular weight excluding hydrogens is 440 g/mol. The molecule has 4 N–H and O–H groups in total. The monoisotopic (exact) mass is 474 g/mol. The van der Waals surface area contributed by atoms with Crippen molar-refractivity contribution >= 4 is 39.5 Å². The molecule has 8 heteroatoms. The highest BCUT2D eigenvalue weighted by Crippen LogP contribution is 2.27. The second kappa shape index (κ2) is 12.3. The number of hydrogen-bond donors (Lipinski definition) is 3. The molecule has 0 spiro atoms. The summed E-state index contributed by atoms with van der Waals surface area (Å²) in [5, 5.41) is 13.6. The van der Waals surface area contributed by atoms with Gasteiger partial charge >= 0.3 is 0 Å². The van der Waals surface area contributed by atoms with Gasteiger partial charge in [0.25, 0.3) is 0 Å². The van der Waals surface area contributed by atoms with Gasteiger partial charge in [0.1, 0.15) is 0 Å². The van der Waals surface area contributed by atoms with E-state index >= 15 is 0 Å². The predicted octanol–water partition coefficient (Wildman–Crippen LogP) is 3.50. The number of nitrogens with two attached hydrogens (primary N) is 1. The lowest BCUT2D eigenvalue weighted by Crippen LogP contribution is -2.46. The van der Waals surface area contributed by atoms with E-state index < -0.39 is 16.9 Å². The molecule has 0 aromatic heterocycles. The molecule has 0 amide bonds. The quantitative estimate of drug-likeness (QED) is 0.359. The Balaban J connectivity index is 1.38. The van der Waals surface area contributed by atoms with E-state index in [0.717, 1.165) is 57.5 Å². The highest BCUT2D eigenvalue weighted by atomic mass is 32.2. The normalized spacial score (nSPS) is 16.5. The van der Waals surface area contributed by atoms with Gasteiger partial charge in [0.2, 0.25) is 0 Å². The summed E-state index contributed by atoms with van der Waals surface area (Å²) in [4.78, 5) is 5.61. The van der Waals surface area contributed by atoms with Crippen LogP contribution in [-0.2, 0) is 10.8 Å². The van der Waals surface area contributed by atoms with Gasteiger partial charge in [-0.1, -0.05) is 37.1 Å². The van der Waals surface area contributed by atoms with Crippen LogP contribution in [0.4, 0.5) is 11.4 Å². The summed E-state index contributed by atoms with van der Waals surface area (Å²) in [5.41, 5.74) is 8.28. The Morgan fingerprint density at radius 1 is 1.12 bits per heavy atom. The van der Waals surface area contributed by atoms with Crippen LogP contribution >= 0.6 is 12.2 Å². The second-order valence-corrected chi connectivity index (χ2v) is 10.0. The lowest BCUT2D eigenvalue weighted by atomic mass is 10.0. The molecule has 2 aromatic rings. The van der Waals surface area contributed by atoms with Crippen molar-refractivity contribution in [3.05, 3.63) is 54.1 Å². The molecule has 0 saturated carbocycles. The molecule has 1 heterocycles. The van der Waals surface area contributed by atoms with Crippen LogP contribution in [0, 0.1) is 0 Å². The van der Waals surface area contributed by atoms with E-state index in [1.54, 1.807) is 18.4 Å². The van der Waals surface area contributed by atoms with Crippen LogP contribution in [-0.4, -0.2) is 58.3 Å². The summed E-state index contributed by atoms with van der Waals surface area (Å²) < 4.78 is 11.9. The molecule has 3 rings (SSSR count). The summed E-state index contributed by atoms with van der Waals surface area (Å²) >= 11 is 4.92. The van der Waals surface area contributed by atoms with Gasteiger partial charge in [-0.2, -0.15) is 0 Å². The van der Waals surface area contributed by atoms with Gasteiger partial charge in [0.15, 0.2) is 5.11 Å². The molecule has 2 unspecified atom stereocenters. The molecule has 1 fully saturated rings. The zero-order valence-corrected chi connectivity index (χ0v) is 20.3. The SMILES string of the molecule is CS(=O)c1ccc(C(O)CCCCCN2CCN(c3ccccc3)CC2)cc1NC(N)=S. The van der Waals surface area contributed by atoms with Gasteiger partial charge in [-0.05, 0) is 61.4 Å². The Bertz CT molecular complexity index is 902. The fraction of sp³-hybridized carbons (Fsp3) is 0.458. The molecule has 174 valence electrons. The Kier molecular flexibility index (Phi) is 9.47. The Labute approximate surface area is 199 Å². The van der Waals surface area contributed by atoms with Crippen molar-refractivity contribution in [3.8, 4) is 0 Å². The predicted molar refractivity (Wildman–Crippen MR) is 138 cm³/mol. The first kappa shape index (κ1) is 24.6. The van der Waals surface area contributed by atoms with E-state index in [9.17, 15) is 9.32 Å². The largest absolute Gasteiger partial charge is 0.388 e. The van der Waals surface area contributed by atoms with Crippen molar-refractivity contribution in [2.75, 3.05) is 49.2 Å². The van der Waals surface area contributed by atoms with Gasteiger partial charge in [-0.3, -0.25) is 9.11 Å². The van der Waals surface area contributed by atoms with E-state index in [0.29, 0.717) is 17.0 Å². The molecule has 32 heavy (non-hydrogen) atoms. The second-order valence-electron chi connectivity index (χ2n) is 8.23. The standard InChI is InChI=1S/C24H34N4O2S2/c1-32(30)23-12-11-19(18-21(23)26-24(25)31)22(29)10-6-3-7-13-27-14-16-28(17-15-27)20-8-4-2-5-9-20/h2,4-5,8-9,11-12,18,22,29H,3,6-7,10,13-17H2,1H3,(H3,25,26,31). The first-order chi connectivity index (χ1) is 15.4. The summed E-state index contributed by atoms with van der Waals surface area (Å²) in [6.07, 6.45) is 4.94. The van der Waals surface area contributed by atoms with Crippen molar-refractivity contribution in [2.24, 2.45) is 5.73 Å². The number of aliphatic hydroxyl groups excluding tert-OH is 1. The average molecular weight is 475 g/mol. The average Bonchev–Trinajstić information content (AvgIpc) is 2.79. The van der Waals surface area contributed by atoms with Crippen molar-refractivity contribution < 1.29 is 9.32 Å². The van der Waals surface area contributed by atoms with Gasteiger partial charge in [0, 0.05) is 38.1 Å². The van der Waals surface area contributed by atoms with Crippen LogP contribution in [0.15, 0.2) is 53.4 Å². The van der Waals surface area contributed by atoms with E-state index in [4.69, 9.17) is 18.0 Å². The summed E-state index contributed by atoms with van der Waals surface area (Å²) in [5.74, 6) is 0. The van der Waals surface area contributed by atoms with E-state index in [-0.39, 0.29) is 5.11 Å². The maximum absolute atomic E-state index is 11.9. The lowest BCUT2D eigenvalue weighted by Gasteiger charge is -2.36. The van der Waals surface area contributed by atoms with E-state index in [1.807, 2.05) is 6.07 Å². The number of anilines is 2. The summed E-state index contributed by atoms with van der Waals surface area (Å²) in [6.45, 7) is 5.45. The zero-order chi connectivity index (χ0) is 22.9. The van der Waals surface area contributed by atoms with Crippen molar-refractivity contribution in [1.82, 2.24) is 4.90 Å². The van der Waals surface area contributed by atoms with Crippen molar-refractivity contribution in [2.45, 2.75) is 36.7 Å². The van der Waals surface area contributed by atoms with Gasteiger partial charge in [-0.25, -0.2) is 0 Å². The fourth-order valence-corrected chi connectivity index (χ4v) is 4.91. The Hall–Kier alpha value is -2.00. The molecular formula is C24H34N4O2S2. The lowest BCUT2D eigenvalue weighted by molar-refractivity contribution is 0.162. The number of piperazine rings is 1. The van der Waals surface area contributed by atoms with Crippen LogP contribution in [0.2, 0.25) is 0 Å². The number of unbranched alkanes of at least 4 members (excludes halogenated alkanes) is 2. The molecule has 0 bridgehead atoms. The molecule has 0 aliphatic carbocycles. The third-order valence-electron chi connectivity index (χ3n) is 5.90. The molecule has 1 aliphatic rings. The van der Waals surface area contributed by atoms with Crippen LogP contribution in [0.1, 0.15) is 37.4 Å². The molecule has 1 saturated heterocycles. The summed E-state index contributed by atoms with van der Waals surface area (Å²) in [6, 6.07) is 16.0. The topological polar surface area (TPSA) is 81.8 Å². The minimum absolute atomic E-state index is 0.118. The van der Waals surface area contributed by atoms with Gasteiger partial charge in [0.05, 0.1) is 27.5 Å². The summed E-state index contributed by atoms with van der Waals surface area (Å²) in [7, 11) is -1.17. The maximum Gasteiger partial charge on any atom is 0.168 e. The Morgan fingerprint density at radius 3 is 2.50 bits per heavy atom. The minimum atomic E-state index is -1.17. The highest BCUT2D eigenvalue weighted by molar-refractivity contribution is 7.84. The van der Waals surface area contributed by atoms with Crippen molar-refractivity contribution in [3.63, 3.8) is 0 Å². The third-order valence-corrected chi connectivity index (χ3v) is 6.98. The van der Waals surface area contributed by atoms with Crippen molar-refractivity contribution in [1.29, 1.82) is 0 Å². The number of nitrogens with zero attached hydrogens (tertiary/aromatic N) is 2. The van der Waals surface area contributed by atoms with Crippen LogP contribution in [0.25, 0.3) is 0 Å². The minimum Gasteiger partial charge on any atom is -0.388 e. The highest BCUT2D eigenvalue weighted by Gasteiger charge is 2.17. The molecule has 2 atom stereocenters. The van der Waals surface area contributed by atoms with Gasteiger partial charge in [-0.15, -0.1) is 0 Å². The number of hydrogen-bond acceptors (Lipinski definition) is 5. The van der Waals surface area contributed by atoms with Crippen LogP contribution in [0.5, 0.6) is 0 Å². The van der Waals surface area contributed by atoms with Gasteiger partial charge < -0.3 is 21.1 Å². The number of para-hydroxylation sites is 1. The Morgan fingerprint density at radius 2 is 1.84 bits per heavy atom. The smallest absolute Gasteiger partial charge is 0.168 e. The fourth-order valence-electron chi connectivity index (χ4n) is 4.12. The molecule has 6 nitrogen and oxygen atoms in total. The number of benzene rings is 2. The first-order valence-electron chi connectivity index (χ1n) is 11.2. The first-order valence-corrected chi connectivity index (χ1v) is 13.1. The number of nitrogens with one attached hydrogen (secondary N) is 1. The molecule has 0 radical (unpaired) electrons. The maximum atomic E-state index is 11.9. The van der Waals surface area contributed by atoms with Crippen LogP contribution in [0.3, 0.4) is 0 Å². The van der Waals surface area contributed by atoms with E-state index in [1.165, 1.54) is 5.69 Å². The number of rotatable bonds is 10. The number of aliphatic hydroxyl groups is 1. The molecule has 2 aromatic carbocycles. The zero-order valence-electron chi connectivity index (χ0n) is 18.7. The van der Waals surface area contributed by atoms with E-state index in [2.05, 4.69) is 45.4 Å². The molecule has 1 aliphatic heterocycles.